The standard InChI is InChI=1S/C26H19NO7S/c1-31-26(29)23-17-12-20-21(33-14-32-20)13-18(17)27(35(30)16-8-3-2-4-9-16)24(23)25(28)22-11-15-7-5-6-10-19(15)34-22/h2-13,25,28H,14H2,1H3. The molecule has 1 aliphatic rings. The average molecular weight is 490 g/mol. The van der Waals surface area contributed by atoms with Gasteiger partial charge in [0.1, 0.15) is 11.3 Å². The van der Waals surface area contributed by atoms with Gasteiger partial charge in [-0.1, -0.05) is 36.4 Å². The fourth-order valence-electron chi connectivity index (χ4n) is 4.33. The molecule has 1 aliphatic heterocycles. The number of aromatic nitrogens is 1. The van der Waals surface area contributed by atoms with Gasteiger partial charge in [-0.05, 0) is 30.3 Å². The third-order valence-corrected chi connectivity index (χ3v) is 7.33. The number of aliphatic hydroxyl groups is 1. The minimum Gasteiger partial charge on any atom is -0.465 e. The summed E-state index contributed by atoms with van der Waals surface area (Å²) >= 11 is 0. The van der Waals surface area contributed by atoms with E-state index in [1.54, 1.807) is 48.5 Å². The SMILES string of the molecule is COC(=O)c1c(C(O)c2cc3ccccc3o2)n(S(=O)c2ccccc2)c2cc3c(cc12)OCO3. The number of nitrogens with zero attached hydrogens (tertiary/aromatic N) is 1. The number of esters is 1. The molecule has 8 nitrogen and oxygen atoms in total. The number of hydrogen-bond donors (Lipinski definition) is 1. The van der Waals surface area contributed by atoms with E-state index in [4.69, 9.17) is 18.6 Å². The second-order valence-electron chi connectivity index (χ2n) is 7.92. The lowest BCUT2D eigenvalue weighted by Gasteiger charge is -2.15. The Hall–Kier alpha value is -4.08. The highest BCUT2D eigenvalue weighted by molar-refractivity contribution is 7.83. The molecular weight excluding hydrogens is 470 g/mol. The minimum absolute atomic E-state index is 0.0335. The maximum absolute atomic E-state index is 13.9. The van der Waals surface area contributed by atoms with Crippen LogP contribution in [0.4, 0.5) is 0 Å². The van der Waals surface area contributed by atoms with Crippen molar-refractivity contribution in [1.29, 1.82) is 0 Å². The smallest absolute Gasteiger partial charge is 0.340 e. The first kappa shape index (κ1) is 21.5. The van der Waals surface area contributed by atoms with Crippen molar-refractivity contribution in [3.63, 3.8) is 0 Å². The number of aliphatic hydroxyl groups excluding tert-OH is 1. The van der Waals surface area contributed by atoms with Crippen LogP contribution in [0.1, 0.15) is 27.9 Å². The van der Waals surface area contributed by atoms with Crippen LogP contribution >= 0.6 is 0 Å². The summed E-state index contributed by atoms with van der Waals surface area (Å²) in [5.74, 6) is 0.394. The van der Waals surface area contributed by atoms with E-state index in [0.717, 1.165) is 5.39 Å². The molecule has 0 spiro atoms. The lowest BCUT2D eigenvalue weighted by atomic mass is 10.1. The van der Waals surface area contributed by atoms with Crippen molar-refractivity contribution in [2.45, 2.75) is 11.0 Å². The van der Waals surface area contributed by atoms with E-state index < -0.39 is 23.1 Å². The van der Waals surface area contributed by atoms with Crippen LogP contribution in [-0.2, 0) is 15.7 Å². The zero-order valence-corrected chi connectivity index (χ0v) is 19.3. The Bertz CT molecular complexity index is 1590. The molecule has 9 heteroatoms. The molecule has 35 heavy (non-hydrogen) atoms. The molecule has 2 aromatic heterocycles. The van der Waals surface area contributed by atoms with E-state index in [0.29, 0.717) is 32.9 Å². The van der Waals surface area contributed by atoms with Crippen LogP contribution in [0.25, 0.3) is 21.9 Å². The third-order valence-electron chi connectivity index (χ3n) is 5.93. The first-order valence-electron chi connectivity index (χ1n) is 10.8. The molecule has 0 radical (unpaired) electrons. The van der Waals surface area contributed by atoms with E-state index in [1.807, 2.05) is 24.3 Å². The fraction of sp³-hybridized carbons (Fsp3) is 0.115. The van der Waals surface area contributed by atoms with E-state index in [2.05, 4.69) is 0 Å². The van der Waals surface area contributed by atoms with E-state index >= 15 is 0 Å². The second-order valence-corrected chi connectivity index (χ2v) is 9.26. The summed E-state index contributed by atoms with van der Waals surface area (Å²) in [7, 11) is -0.574. The highest BCUT2D eigenvalue weighted by Gasteiger charge is 2.34. The molecular formula is C26H19NO7S. The van der Waals surface area contributed by atoms with Crippen LogP contribution in [-0.4, -0.2) is 33.2 Å². The first-order chi connectivity index (χ1) is 17.1. The molecule has 0 bridgehead atoms. The van der Waals surface area contributed by atoms with Crippen molar-refractivity contribution in [2.24, 2.45) is 0 Å². The van der Waals surface area contributed by atoms with Gasteiger partial charge in [0, 0.05) is 16.8 Å². The molecule has 2 unspecified atom stereocenters. The van der Waals surface area contributed by atoms with Crippen LogP contribution in [0.15, 0.2) is 82.1 Å². The largest absolute Gasteiger partial charge is 0.465 e. The summed E-state index contributed by atoms with van der Waals surface area (Å²) in [4.78, 5) is 13.6. The number of fused-ring (bicyclic) bond motifs is 3. The molecule has 1 N–H and O–H groups in total. The van der Waals surface area contributed by atoms with Crippen molar-refractivity contribution in [2.75, 3.05) is 13.9 Å². The summed E-state index contributed by atoms with van der Waals surface area (Å²) in [5.41, 5.74) is 1.14. The summed E-state index contributed by atoms with van der Waals surface area (Å²) in [6, 6.07) is 21.1. The van der Waals surface area contributed by atoms with Crippen molar-refractivity contribution >= 4 is 38.8 Å². The van der Waals surface area contributed by atoms with Gasteiger partial charge in [0.2, 0.25) is 6.79 Å². The number of para-hydroxylation sites is 1. The number of benzene rings is 3. The lowest BCUT2D eigenvalue weighted by molar-refractivity contribution is 0.0596. The summed E-state index contributed by atoms with van der Waals surface area (Å²) in [5, 5.41) is 12.8. The fourth-order valence-corrected chi connectivity index (χ4v) is 5.63. The molecule has 0 amide bonds. The van der Waals surface area contributed by atoms with Crippen molar-refractivity contribution in [3.05, 3.63) is 89.8 Å². The maximum atomic E-state index is 13.9. The number of carbonyl (C=O) groups is 1. The third kappa shape index (κ3) is 3.39. The molecule has 0 saturated carbocycles. The number of ether oxygens (including phenoxy) is 3. The highest BCUT2D eigenvalue weighted by atomic mass is 32.2. The van der Waals surface area contributed by atoms with Gasteiger partial charge in [-0.3, -0.25) is 3.97 Å². The van der Waals surface area contributed by atoms with Crippen molar-refractivity contribution < 1.29 is 32.7 Å². The summed E-state index contributed by atoms with van der Waals surface area (Å²) < 4.78 is 37.4. The van der Waals surface area contributed by atoms with Crippen LogP contribution in [0.5, 0.6) is 11.5 Å². The monoisotopic (exact) mass is 489 g/mol. The van der Waals surface area contributed by atoms with E-state index in [9.17, 15) is 14.1 Å². The number of carbonyl (C=O) groups excluding carboxylic acids is 1. The Labute approximate surface area is 201 Å². The number of rotatable bonds is 5. The van der Waals surface area contributed by atoms with Crippen LogP contribution in [0.3, 0.4) is 0 Å². The Morgan fingerprint density at radius 3 is 2.49 bits per heavy atom. The Kier molecular flexibility index (Phi) is 5.09. The normalized spacial score (nSPS) is 14.3. The number of furan rings is 1. The lowest BCUT2D eigenvalue weighted by Crippen LogP contribution is -2.16. The molecule has 2 atom stereocenters. The predicted octanol–water partition coefficient (Wildman–Crippen LogP) is 4.56. The van der Waals surface area contributed by atoms with E-state index in [1.165, 1.54) is 11.1 Å². The quantitative estimate of drug-likeness (QED) is 0.361. The highest BCUT2D eigenvalue weighted by Crippen LogP contribution is 2.43. The van der Waals surface area contributed by atoms with Crippen LogP contribution < -0.4 is 9.47 Å². The van der Waals surface area contributed by atoms with E-state index in [-0.39, 0.29) is 23.8 Å². The molecule has 176 valence electrons. The number of hydrogen-bond acceptors (Lipinski definition) is 7. The van der Waals surface area contributed by atoms with Gasteiger partial charge < -0.3 is 23.7 Å². The van der Waals surface area contributed by atoms with Gasteiger partial charge in [-0.2, -0.15) is 0 Å². The molecule has 3 aromatic carbocycles. The Morgan fingerprint density at radius 2 is 1.74 bits per heavy atom. The van der Waals surface area contributed by atoms with Crippen molar-refractivity contribution in [3.8, 4) is 11.5 Å². The second kappa shape index (κ2) is 8.30. The van der Waals surface area contributed by atoms with Gasteiger partial charge in [0.15, 0.2) is 28.6 Å². The summed E-state index contributed by atoms with van der Waals surface area (Å²) in [6.07, 6.45) is -1.42. The average Bonchev–Trinajstić information content (AvgIpc) is 3.61. The molecule has 5 aromatic rings. The Balaban J connectivity index is 1.67. The molecule has 6 rings (SSSR count). The molecule has 0 aliphatic carbocycles. The van der Waals surface area contributed by atoms with Crippen molar-refractivity contribution in [1.82, 2.24) is 3.97 Å². The molecule has 0 saturated heterocycles. The van der Waals surface area contributed by atoms with Gasteiger partial charge in [0.05, 0.1) is 28.8 Å². The van der Waals surface area contributed by atoms with Crippen LogP contribution in [0, 0.1) is 0 Å². The zero-order chi connectivity index (χ0) is 24.1. The minimum atomic E-state index is -1.83. The van der Waals surface area contributed by atoms with Crippen LogP contribution in [0.2, 0.25) is 0 Å². The van der Waals surface area contributed by atoms with Gasteiger partial charge in [-0.15, -0.1) is 0 Å². The topological polar surface area (TPSA) is 100 Å². The molecule has 0 fully saturated rings. The zero-order valence-electron chi connectivity index (χ0n) is 18.5. The Morgan fingerprint density at radius 1 is 1.03 bits per heavy atom. The maximum Gasteiger partial charge on any atom is 0.340 e. The first-order valence-corrected chi connectivity index (χ1v) is 11.9. The van der Waals surface area contributed by atoms with Gasteiger partial charge in [-0.25, -0.2) is 9.00 Å². The summed E-state index contributed by atoms with van der Waals surface area (Å²) in [6.45, 7) is 0.0335. The predicted molar refractivity (Wildman–Crippen MR) is 128 cm³/mol. The molecule has 3 heterocycles. The van der Waals surface area contributed by atoms with Gasteiger partial charge >= 0.3 is 5.97 Å². The number of methoxy groups -OCH3 is 1. The van der Waals surface area contributed by atoms with Gasteiger partial charge in [0.25, 0.3) is 0 Å².